The Kier molecular flexibility index (Phi) is 4.68. The van der Waals surface area contributed by atoms with Gasteiger partial charge < -0.3 is 5.32 Å². The average Bonchev–Trinajstić information content (AvgIpc) is 2.43. The zero-order valence-electron chi connectivity index (χ0n) is 12.5. The van der Waals surface area contributed by atoms with Gasteiger partial charge >= 0.3 is 0 Å². The van der Waals surface area contributed by atoms with Crippen molar-refractivity contribution in [2.75, 3.05) is 5.32 Å². The van der Waals surface area contributed by atoms with E-state index in [-0.39, 0.29) is 16.7 Å². The highest BCUT2D eigenvalue weighted by Crippen LogP contribution is 2.27. The van der Waals surface area contributed by atoms with Gasteiger partial charge in [0.2, 0.25) is 15.9 Å². The summed E-state index contributed by atoms with van der Waals surface area (Å²) < 4.78 is 23.0. The van der Waals surface area contributed by atoms with Crippen molar-refractivity contribution in [3.8, 4) is 0 Å². The molecule has 116 valence electrons. The SMILES string of the molecule is Cc1cc(S(N)(=O)=O)cc(NC(=O)C2CCCCC2)c1C. The van der Waals surface area contributed by atoms with Crippen LogP contribution in [0.4, 0.5) is 5.69 Å². The molecule has 0 saturated heterocycles. The maximum atomic E-state index is 12.3. The van der Waals surface area contributed by atoms with E-state index >= 15 is 0 Å². The Morgan fingerprint density at radius 1 is 1.19 bits per heavy atom. The zero-order valence-corrected chi connectivity index (χ0v) is 13.3. The van der Waals surface area contributed by atoms with Crippen LogP contribution >= 0.6 is 0 Å². The molecule has 1 aliphatic carbocycles. The molecule has 0 unspecified atom stereocenters. The van der Waals surface area contributed by atoms with Crippen molar-refractivity contribution in [1.82, 2.24) is 0 Å². The van der Waals surface area contributed by atoms with Gasteiger partial charge in [-0.25, -0.2) is 13.6 Å². The van der Waals surface area contributed by atoms with E-state index in [1.54, 1.807) is 6.92 Å². The lowest BCUT2D eigenvalue weighted by molar-refractivity contribution is -0.120. The number of hydrogen-bond donors (Lipinski definition) is 2. The van der Waals surface area contributed by atoms with Gasteiger partial charge in [-0.2, -0.15) is 0 Å². The lowest BCUT2D eigenvalue weighted by Gasteiger charge is -2.22. The minimum Gasteiger partial charge on any atom is -0.326 e. The molecule has 1 aliphatic rings. The number of rotatable bonds is 3. The van der Waals surface area contributed by atoms with Crippen LogP contribution in [0.5, 0.6) is 0 Å². The highest BCUT2D eigenvalue weighted by molar-refractivity contribution is 7.89. The van der Waals surface area contributed by atoms with Crippen molar-refractivity contribution in [3.63, 3.8) is 0 Å². The monoisotopic (exact) mass is 310 g/mol. The van der Waals surface area contributed by atoms with E-state index in [4.69, 9.17) is 5.14 Å². The second-order valence-electron chi connectivity index (χ2n) is 5.78. The molecule has 1 amide bonds. The fourth-order valence-corrected chi connectivity index (χ4v) is 3.34. The fraction of sp³-hybridized carbons (Fsp3) is 0.533. The van der Waals surface area contributed by atoms with Crippen LogP contribution in [0.2, 0.25) is 0 Å². The van der Waals surface area contributed by atoms with Crippen molar-refractivity contribution in [2.45, 2.75) is 50.8 Å². The van der Waals surface area contributed by atoms with Crippen LogP contribution < -0.4 is 10.5 Å². The van der Waals surface area contributed by atoms with E-state index in [9.17, 15) is 13.2 Å². The van der Waals surface area contributed by atoms with Crippen molar-refractivity contribution in [3.05, 3.63) is 23.3 Å². The first-order chi connectivity index (χ1) is 9.79. The van der Waals surface area contributed by atoms with Gasteiger partial charge in [0.1, 0.15) is 0 Å². The number of primary sulfonamides is 1. The van der Waals surface area contributed by atoms with E-state index in [0.717, 1.165) is 36.8 Å². The number of carbonyl (C=O) groups excluding carboxylic acids is 1. The number of hydrogen-bond acceptors (Lipinski definition) is 3. The smallest absolute Gasteiger partial charge is 0.238 e. The molecule has 0 aliphatic heterocycles. The zero-order chi connectivity index (χ0) is 15.6. The highest BCUT2D eigenvalue weighted by atomic mass is 32.2. The van der Waals surface area contributed by atoms with Crippen LogP contribution in [0, 0.1) is 19.8 Å². The van der Waals surface area contributed by atoms with Crippen LogP contribution in [0.15, 0.2) is 17.0 Å². The third kappa shape index (κ3) is 3.83. The molecule has 1 saturated carbocycles. The van der Waals surface area contributed by atoms with E-state index in [1.165, 1.54) is 18.6 Å². The maximum Gasteiger partial charge on any atom is 0.238 e. The predicted octanol–water partition coefficient (Wildman–Crippen LogP) is 2.47. The molecule has 1 fully saturated rings. The molecule has 1 aromatic rings. The van der Waals surface area contributed by atoms with E-state index in [0.29, 0.717) is 5.69 Å². The average molecular weight is 310 g/mol. The summed E-state index contributed by atoms with van der Waals surface area (Å²) in [6.45, 7) is 3.67. The lowest BCUT2D eigenvalue weighted by atomic mass is 9.88. The molecule has 5 nitrogen and oxygen atoms in total. The number of anilines is 1. The van der Waals surface area contributed by atoms with Crippen molar-refractivity contribution < 1.29 is 13.2 Å². The Morgan fingerprint density at radius 3 is 2.38 bits per heavy atom. The number of amides is 1. The Balaban J connectivity index is 2.26. The Morgan fingerprint density at radius 2 is 1.81 bits per heavy atom. The van der Waals surface area contributed by atoms with Gasteiger partial charge in [0.15, 0.2) is 0 Å². The molecule has 0 aromatic heterocycles. The van der Waals surface area contributed by atoms with Crippen molar-refractivity contribution in [1.29, 1.82) is 0 Å². The summed E-state index contributed by atoms with van der Waals surface area (Å²) in [6, 6.07) is 2.97. The third-order valence-electron chi connectivity index (χ3n) is 4.20. The molecule has 0 atom stereocenters. The first-order valence-corrected chi connectivity index (χ1v) is 8.78. The molecular formula is C15H22N2O3S. The van der Waals surface area contributed by atoms with Gasteiger partial charge in [-0.1, -0.05) is 19.3 Å². The van der Waals surface area contributed by atoms with Gasteiger partial charge in [0.05, 0.1) is 4.90 Å². The second-order valence-corrected chi connectivity index (χ2v) is 7.34. The number of aryl methyl sites for hydroxylation is 1. The van der Waals surface area contributed by atoms with Gasteiger partial charge in [-0.05, 0) is 49.9 Å². The number of carbonyl (C=O) groups is 1. The molecule has 0 heterocycles. The minimum absolute atomic E-state index is 0.0243. The molecule has 0 spiro atoms. The molecule has 0 radical (unpaired) electrons. The molecule has 6 heteroatoms. The van der Waals surface area contributed by atoms with E-state index in [1.807, 2.05) is 6.92 Å². The number of sulfonamides is 1. The standard InChI is InChI=1S/C15H22N2O3S/c1-10-8-13(21(16,19)20)9-14(11(10)2)17-15(18)12-6-4-3-5-7-12/h8-9,12H,3-7H2,1-2H3,(H,17,18)(H2,16,19,20). The summed E-state index contributed by atoms with van der Waals surface area (Å²) in [5.41, 5.74) is 2.20. The second kappa shape index (κ2) is 6.15. The van der Waals surface area contributed by atoms with Gasteiger partial charge in [-0.3, -0.25) is 4.79 Å². The summed E-state index contributed by atoms with van der Waals surface area (Å²) in [7, 11) is -3.78. The topological polar surface area (TPSA) is 89.3 Å². The van der Waals surface area contributed by atoms with Crippen LogP contribution in [-0.2, 0) is 14.8 Å². The van der Waals surface area contributed by atoms with Gasteiger partial charge in [-0.15, -0.1) is 0 Å². The molecule has 21 heavy (non-hydrogen) atoms. The minimum atomic E-state index is -3.78. The Hall–Kier alpha value is -1.40. The third-order valence-corrected chi connectivity index (χ3v) is 5.10. The highest BCUT2D eigenvalue weighted by Gasteiger charge is 2.22. The Labute approximate surface area is 126 Å². The van der Waals surface area contributed by atoms with Crippen LogP contribution in [-0.4, -0.2) is 14.3 Å². The number of benzene rings is 1. The van der Waals surface area contributed by atoms with Crippen LogP contribution in [0.25, 0.3) is 0 Å². The van der Waals surface area contributed by atoms with Crippen LogP contribution in [0.1, 0.15) is 43.2 Å². The molecule has 1 aromatic carbocycles. The summed E-state index contributed by atoms with van der Waals surface area (Å²) in [5.74, 6) is 0.000338. The number of nitrogens with two attached hydrogens (primary N) is 1. The predicted molar refractivity (Wildman–Crippen MR) is 82.5 cm³/mol. The van der Waals surface area contributed by atoms with Crippen molar-refractivity contribution in [2.24, 2.45) is 11.1 Å². The number of nitrogens with one attached hydrogen (secondary N) is 1. The summed E-state index contributed by atoms with van der Waals surface area (Å²) >= 11 is 0. The lowest BCUT2D eigenvalue weighted by Crippen LogP contribution is -2.25. The molecule has 3 N–H and O–H groups in total. The normalized spacial score (nSPS) is 16.7. The summed E-state index contributed by atoms with van der Waals surface area (Å²) in [5, 5.41) is 8.05. The molecule has 2 rings (SSSR count). The first-order valence-electron chi connectivity index (χ1n) is 7.24. The fourth-order valence-electron chi connectivity index (χ4n) is 2.72. The Bertz CT molecular complexity index is 647. The van der Waals surface area contributed by atoms with Gasteiger partial charge in [0.25, 0.3) is 0 Å². The molecule has 0 bridgehead atoms. The summed E-state index contributed by atoms with van der Waals surface area (Å²) in [4.78, 5) is 12.3. The van der Waals surface area contributed by atoms with Crippen molar-refractivity contribution >= 4 is 21.6 Å². The molecular weight excluding hydrogens is 288 g/mol. The van der Waals surface area contributed by atoms with Crippen LogP contribution in [0.3, 0.4) is 0 Å². The largest absolute Gasteiger partial charge is 0.326 e. The summed E-state index contributed by atoms with van der Waals surface area (Å²) in [6.07, 6.45) is 5.14. The van der Waals surface area contributed by atoms with E-state index < -0.39 is 10.0 Å². The van der Waals surface area contributed by atoms with Gasteiger partial charge in [0, 0.05) is 11.6 Å². The quantitative estimate of drug-likeness (QED) is 0.898. The van der Waals surface area contributed by atoms with E-state index in [2.05, 4.69) is 5.32 Å². The maximum absolute atomic E-state index is 12.3. The first kappa shape index (κ1) is 16.0.